The van der Waals surface area contributed by atoms with Crippen LogP contribution in [0.4, 0.5) is 15.2 Å². The zero-order valence-corrected chi connectivity index (χ0v) is 21.4. The summed E-state index contributed by atoms with van der Waals surface area (Å²) in [7, 11) is -3.65. The number of amides is 1. The van der Waals surface area contributed by atoms with Gasteiger partial charge in [-0.25, -0.2) is 17.8 Å². The van der Waals surface area contributed by atoms with Crippen LogP contribution < -0.4 is 5.01 Å². The highest BCUT2D eigenvalue weighted by atomic mass is 32.2. The summed E-state index contributed by atoms with van der Waals surface area (Å²) in [5.74, 6) is -1.04. The molecule has 38 heavy (non-hydrogen) atoms. The Kier molecular flexibility index (Phi) is 6.97. The maximum Gasteiger partial charge on any atom is 0.280 e. The van der Waals surface area contributed by atoms with E-state index in [1.54, 1.807) is 0 Å². The molecule has 1 amide bonds. The number of nitro benzene ring substituents is 1. The molecule has 1 aromatic heterocycles. The molecule has 13 heteroatoms. The molecule has 2 heterocycles. The monoisotopic (exact) mass is 553 g/mol. The average molecular weight is 554 g/mol. The fourth-order valence-electron chi connectivity index (χ4n) is 3.94. The van der Waals surface area contributed by atoms with Gasteiger partial charge in [-0.1, -0.05) is 11.3 Å². The molecule has 0 aliphatic carbocycles. The van der Waals surface area contributed by atoms with Gasteiger partial charge in [-0.05, 0) is 73.0 Å². The van der Waals surface area contributed by atoms with Crippen molar-refractivity contribution in [1.82, 2.24) is 9.29 Å². The predicted octanol–water partition coefficient (Wildman–Crippen LogP) is 4.81. The Labute approximate surface area is 220 Å². The van der Waals surface area contributed by atoms with Gasteiger partial charge in [0.2, 0.25) is 15.2 Å². The number of rotatable bonds is 7. The van der Waals surface area contributed by atoms with Gasteiger partial charge in [0.15, 0.2) is 0 Å². The molecule has 1 aliphatic heterocycles. The smallest absolute Gasteiger partial charge is 0.267 e. The van der Waals surface area contributed by atoms with Gasteiger partial charge in [0.05, 0.1) is 26.3 Å². The maximum absolute atomic E-state index is 13.7. The molecule has 1 saturated heterocycles. The van der Waals surface area contributed by atoms with Crippen LogP contribution >= 0.6 is 11.3 Å². The third-order valence-electron chi connectivity index (χ3n) is 5.94. The minimum Gasteiger partial charge on any atom is -0.267 e. The fraction of sp³-hybridized carbons (Fsp3) is 0.160. The minimum atomic E-state index is -3.65. The number of anilines is 1. The second-order valence-corrected chi connectivity index (χ2v) is 11.4. The Hall–Kier alpha value is -4.07. The van der Waals surface area contributed by atoms with Crippen LogP contribution in [0.5, 0.6) is 0 Å². The number of aromatic nitrogens is 1. The Bertz CT molecular complexity index is 1650. The number of carbonyl (C=O) groups is 1. The Balaban J connectivity index is 1.48. The van der Waals surface area contributed by atoms with Crippen LogP contribution in [0, 0.1) is 15.9 Å². The quantitative estimate of drug-likeness (QED) is 0.184. The molecule has 3 aromatic carbocycles. The molecule has 0 radical (unpaired) electrons. The summed E-state index contributed by atoms with van der Waals surface area (Å²) in [6.07, 6.45) is 2.97. The van der Waals surface area contributed by atoms with Crippen LogP contribution in [0.3, 0.4) is 0 Å². The minimum absolute atomic E-state index is 0.0901. The number of nitro groups is 1. The second kappa shape index (κ2) is 10.4. The molecular formula is C25H20FN5O5S2. The average Bonchev–Trinajstić information content (AvgIpc) is 3.60. The van der Waals surface area contributed by atoms with Crippen LogP contribution in [0.2, 0.25) is 0 Å². The number of hydrogen-bond acceptors (Lipinski definition) is 8. The molecule has 0 spiro atoms. The zero-order valence-electron chi connectivity index (χ0n) is 19.7. The highest BCUT2D eigenvalue weighted by Gasteiger charge is 2.28. The highest BCUT2D eigenvalue weighted by molar-refractivity contribution is 7.89. The molecule has 0 atom stereocenters. The molecule has 4 aromatic rings. The first-order chi connectivity index (χ1) is 18.2. The van der Waals surface area contributed by atoms with Crippen LogP contribution in [0.25, 0.3) is 10.2 Å². The lowest BCUT2D eigenvalue weighted by Gasteiger charge is -2.16. The number of sulfonamides is 1. The number of halogens is 1. The van der Waals surface area contributed by atoms with Crippen molar-refractivity contribution in [2.75, 3.05) is 18.1 Å². The van der Waals surface area contributed by atoms with E-state index in [1.807, 2.05) is 0 Å². The van der Waals surface area contributed by atoms with Crippen molar-refractivity contribution >= 4 is 54.5 Å². The van der Waals surface area contributed by atoms with Crippen LogP contribution in [0.15, 0.2) is 76.7 Å². The normalized spacial score (nSPS) is 14.3. The first kappa shape index (κ1) is 25.6. The van der Waals surface area contributed by atoms with E-state index in [0.717, 1.165) is 29.2 Å². The predicted molar refractivity (Wildman–Crippen MR) is 142 cm³/mol. The van der Waals surface area contributed by atoms with Gasteiger partial charge >= 0.3 is 0 Å². The summed E-state index contributed by atoms with van der Waals surface area (Å²) < 4.78 is 41.4. The molecule has 0 saturated carbocycles. The third kappa shape index (κ3) is 5.16. The summed E-state index contributed by atoms with van der Waals surface area (Å²) >= 11 is 1.06. The van der Waals surface area contributed by atoms with Gasteiger partial charge in [0, 0.05) is 30.8 Å². The lowest BCUT2D eigenvalue weighted by Crippen LogP contribution is -2.28. The van der Waals surface area contributed by atoms with Crippen LogP contribution in [-0.2, 0) is 10.0 Å². The number of non-ortho nitro benzene ring substituents is 1. The van der Waals surface area contributed by atoms with Crippen molar-refractivity contribution < 1.29 is 22.5 Å². The van der Waals surface area contributed by atoms with E-state index in [1.165, 1.54) is 77.2 Å². The van der Waals surface area contributed by atoms with Crippen molar-refractivity contribution in [1.29, 1.82) is 0 Å². The van der Waals surface area contributed by atoms with Crippen molar-refractivity contribution in [3.05, 3.63) is 93.8 Å². The van der Waals surface area contributed by atoms with Crippen LogP contribution in [0.1, 0.15) is 28.8 Å². The Morgan fingerprint density at radius 1 is 1.08 bits per heavy atom. The molecule has 5 rings (SSSR count). The summed E-state index contributed by atoms with van der Waals surface area (Å²) in [6, 6.07) is 15.2. The van der Waals surface area contributed by atoms with E-state index >= 15 is 0 Å². The number of carbonyl (C=O) groups excluding carboxylic acids is 1. The largest absolute Gasteiger partial charge is 0.280 e. The lowest BCUT2D eigenvalue weighted by atomic mass is 10.2. The Morgan fingerprint density at radius 3 is 2.42 bits per heavy atom. The highest BCUT2D eigenvalue weighted by Crippen LogP contribution is 2.31. The summed E-state index contributed by atoms with van der Waals surface area (Å²) in [4.78, 5) is 28.4. The number of hydrazone groups is 1. The van der Waals surface area contributed by atoms with Gasteiger partial charge in [-0.2, -0.15) is 14.4 Å². The first-order valence-electron chi connectivity index (χ1n) is 11.5. The molecule has 0 bridgehead atoms. The summed E-state index contributed by atoms with van der Waals surface area (Å²) in [6.45, 7) is 0.929. The van der Waals surface area contributed by atoms with E-state index in [4.69, 9.17) is 0 Å². The molecule has 1 aliphatic rings. The summed E-state index contributed by atoms with van der Waals surface area (Å²) in [5.41, 5.74) is 1.04. The van der Waals surface area contributed by atoms with Gasteiger partial charge < -0.3 is 0 Å². The standard InChI is InChI=1S/C25H20FN5O5S2/c26-19-7-12-22-23(15-19)37-25(28-22)30(27-16-17-3-8-20(9-4-17)31(33)34)24(32)18-5-10-21(11-6-18)38(35,36)29-13-1-2-14-29/h3-12,15-16H,1-2,13-14H2/b27-16+. The SMILES string of the molecule is O=C(c1ccc(S(=O)(=O)N2CCCC2)cc1)N(/N=C/c1ccc([N+](=O)[O-])cc1)c1nc2ccc(F)cc2s1. The van der Waals surface area contributed by atoms with Gasteiger partial charge in [-0.3, -0.25) is 14.9 Å². The van der Waals surface area contributed by atoms with E-state index in [-0.39, 0.29) is 21.3 Å². The topological polar surface area (TPSA) is 126 Å². The summed E-state index contributed by atoms with van der Waals surface area (Å²) in [5, 5.41) is 16.4. The van der Waals surface area contributed by atoms with Crippen molar-refractivity contribution in [3.63, 3.8) is 0 Å². The molecule has 10 nitrogen and oxygen atoms in total. The van der Waals surface area contributed by atoms with E-state index < -0.39 is 26.7 Å². The zero-order chi connectivity index (χ0) is 26.9. The number of nitrogens with zero attached hydrogens (tertiary/aromatic N) is 5. The number of fused-ring (bicyclic) bond motifs is 1. The Morgan fingerprint density at radius 2 is 1.76 bits per heavy atom. The number of thiazole rings is 1. The van der Waals surface area contributed by atoms with Gasteiger partial charge in [0.25, 0.3) is 11.6 Å². The van der Waals surface area contributed by atoms with E-state index in [0.29, 0.717) is 28.9 Å². The van der Waals surface area contributed by atoms with Gasteiger partial charge in [-0.15, -0.1) is 0 Å². The fourth-order valence-corrected chi connectivity index (χ4v) is 6.41. The second-order valence-electron chi connectivity index (χ2n) is 8.45. The van der Waals surface area contributed by atoms with Crippen LogP contribution in [-0.4, -0.2) is 47.8 Å². The first-order valence-corrected chi connectivity index (χ1v) is 13.8. The van der Waals surface area contributed by atoms with E-state index in [9.17, 15) is 27.7 Å². The van der Waals surface area contributed by atoms with E-state index in [2.05, 4.69) is 10.1 Å². The molecule has 194 valence electrons. The number of hydrogen-bond donors (Lipinski definition) is 0. The molecule has 0 N–H and O–H groups in total. The van der Waals surface area contributed by atoms with Crippen molar-refractivity contribution in [2.24, 2.45) is 5.10 Å². The van der Waals surface area contributed by atoms with Gasteiger partial charge in [0.1, 0.15) is 5.82 Å². The third-order valence-corrected chi connectivity index (χ3v) is 8.85. The molecule has 0 unspecified atom stereocenters. The lowest BCUT2D eigenvalue weighted by molar-refractivity contribution is -0.384. The van der Waals surface area contributed by atoms with Crippen molar-refractivity contribution in [3.8, 4) is 0 Å². The number of benzene rings is 3. The molecular weight excluding hydrogens is 533 g/mol. The molecule has 1 fully saturated rings. The maximum atomic E-state index is 13.7. The van der Waals surface area contributed by atoms with Crippen molar-refractivity contribution in [2.45, 2.75) is 17.7 Å².